The number of carbonyl (C=O) groups is 1. The number of amides is 1. The Morgan fingerprint density at radius 2 is 2.33 bits per heavy atom. The van der Waals surface area contributed by atoms with Gasteiger partial charge in [0.2, 0.25) is 0 Å². The van der Waals surface area contributed by atoms with Crippen molar-refractivity contribution in [2.75, 3.05) is 13.6 Å². The molecule has 4 nitrogen and oxygen atoms in total. The standard InChI is InChI=1S/C8H14N3O/c1-4-10(3)8(12)11-6-5-9(2)7-11/h5-7H,4H2,1-3H3/q+1. The minimum atomic E-state index is -0.00176. The van der Waals surface area contributed by atoms with E-state index in [0.29, 0.717) is 0 Å². The lowest BCUT2D eigenvalue weighted by atomic mass is 10.6. The number of carbonyl (C=O) groups excluding carboxylic acids is 1. The highest BCUT2D eigenvalue weighted by Gasteiger charge is 2.14. The highest BCUT2D eigenvalue weighted by Crippen LogP contribution is 1.90. The molecule has 0 aliphatic rings. The third kappa shape index (κ3) is 1.64. The van der Waals surface area contributed by atoms with Crippen LogP contribution in [0, 0.1) is 0 Å². The van der Waals surface area contributed by atoms with E-state index < -0.39 is 0 Å². The van der Waals surface area contributed by atoms with Gasteiger partial charge in [0, 0.05) is 13.6 Å². The summed E-state index contributed by atoms with van der Waals surface area (Å²) in [4.78, 5) is 13.1. The van der Waals surface area contributed by atoms with Crippen LogP contribution in [0.1, 0.15) is 6.92 Å². The van der Waals surface area contributed by atoms with E-state index >= 15 is 0 Å². The summed E-state index contributed by atoms with van der Waals surface area (Å²) in [6, 6.07) is -0.00176. The molecule has 1 amide bonds. The Hall–Kier alpha value is -1.32. The van der Waals surface area contributed by atoms with Gasteiger partial charge in [-0.05, 0) is 6.92 Å². The molecule has 1 aromatic rings. The van der Waals surface area contributed by atoms with Crippen LogP contribution < -0.4 is 4.57 Å². The largest absolute Gasteiger partial charge is 0.415 e. The third-order valence-corrected chi connectivity index (χ3v) is 1.79. The van der Waals surface area contributed by atoms with Crippen LogP contribution in [-0.4, -0.2) is 29.1 Å². The fourth-order valence-electron chi connectivity index (χ4n) is 0.896. The van der Waals surface area contributed by atoms with Gasteiger partial charge in [-0.15, -0.1) is 0 Å². The molecule has 0 fully saturated rings. The SMILES string of the molecule is CCN(C)C(=O)n1cc[n+](C)c1. The zero-order chi connectivity index (χ0) is 9.14. The second-order valence-corrected chi connectivity index (χ2v) is 2.78. The van der Waals surface area contributed by atoms with Crippen molar-refractivity contribution in [2.45, 2.75) is 6.92 Å². The third-order valence-electron chi connectivity index (χ3n) is 1.79. The topological polar surface area (TPSA) is 29.1 Å². The van der Waals surface area contributed by atoms with E-state index in [4.69, 9.17) is 0 Å². The summed E-state index contributed by atoms with van der Waals surface area (Å²) in [6.07, 6.45) is 5.32. The number of imidazole rings is 1. The van der Waals surface area contributed by atoms with Gasteiger partial charge in [0.1, 0.15) is 12.4 Å². The number of aryl methyl sites for hydroxylation is 1. The molecule has 4 heteroatoms. The number of rotatable bonds is 1. The molecule has 66 valence electrons. The molecule has 0 N–H and O–H groups in total. The molecule has 0 aliphatic carbocycles. The Kier molecular flexibility index (Phi) is 2.47. The molecule has 0 saturated heterocycles. The lowest BCUT2D eigenvalue weighted by Gasteiger charge is -2.09. The van der Waals surface area contributed by atoms with Gasteiger partial charge in [-0.2, -0.15) is 4.57 Å². The summed E-state index contributed by atoms with van der Waals surface area (Å²) < 4.78 is 3.39. The molecular weight excluding hydrogens is 154 g/mol. The van der Waals surface area contributed by atoms with Crippen molar-refractivity contribution in [2.24, 2.45) is 7.05 Å². The van der Waals surface area contributed by atoms with E-state index in [0.717, 1.165) is 6.54 Å². The van der Waals surface area contributed by atoms with Crippen molar-refractivity contribution in [3.8, 4) is 0 Å². The fourth-order valence-corrected chi connectivity index (χ4v) is 0.896. The van der Waals surface area contributed by atoms with Crippen molar-refractivity contribution in [3.05, 3.63) is 18.7 Å². The van der Waals surface area contributed by atoms with Gasteiger partial charge in [-0.25, -0.2) is 9.36 Å². The highest BCUT2D eigenvalue weighted by molar-refractivity contribution is 5.76. The maximum Gasteiger partial charge on any atom is 0.415 e. The zero-order valence-corrected chi connectivity index (χ0v) is 7.69. The molecule has 0 saturated carbocycles. The Morgan fingerprint density at radius 3 is 2.75 bits per heavy atom. The lowest BCUT2D eigenvalue weighted by Crippen LogP contribution is -2.32. The van der Waals surface area contributed by atoms with Crippen molar-refractivity contribution in [3.63, 3.8) is 0 Å². The van der Waals surface area contributed by atoms with Crippen LogP contribution in [0.15, 0.2) is 18.7 Å². The molecule has 0 aliphatic heterocycles. The van der Waals surface area contributed by atoms with Gasteiger partial charge < -0.3 is 4.90 Å². The predicted octanol–water partition coefficient (Wildman–Crippen LogP) is 0.232. The van der Waals surface area contributed by atoms with Gasteiger partial charge in [0.25, 0.3) is 6.33 Å². The Bertz CT molecular complexity index is 280. The average molecular weight is 168 g/mol. The van der Waals surface area contributed by atoms with Crippen molar-refractivity contribution in [1.82, 2.24) is 9.47 Å². The summed E-state index contributed by atoms with van der Waals surface area (Å²) >= 11 is 0. The molecule has 0 atom stereocenters. The Morgan fingerprint density at radius 1 is 1.67 bits per heavy atom. The first-order valence-corrected chi connectivity index (χ1v) is 3.94. The average Bonchev–Trinajstić information content (AvgIpc) is 2.49. The van der Waals surface area contributed by atoms with Crippen LogP contribution in [0.3, 0.4) is 0 Å². The van der Waals surface area contributed by atoms with Gasteiger partial charge in [-0.3, -0.25) is 0 Å². The quantitative estimate of drug-likeness (QED) is 0.552. The highest BCUT2D eigenvalue weighted by atomic mass is 16.2. The molecule has 1 heterocycles. The van der Waals surface area contributed by atoms with Crippen molar-refractivity contribution < 1.29 is 9.36 Å². The second-order valence-electron chi connectivity index (χ2n) is 2.78. The fraction of sp³-hybridized carbons (Fsp3) is 0.500. The Labute approximate surface area is 72.0 Å². The Balaban J connectivity index is 2.78. The molecule has 12 heavy (non-hydrogen) atoms. The van der Waals surface area contributed by atoms with Crippen molar-refractivity contribution in [1.29, 1.82) is 0 Å². The minimum Gasteiger partial charge on any atom is -0.308 e. The van der Waals surface area contributed by atoms with Crippen LogP contribution in [0.25, 0.3) is 0 Å². The van der Waals surface area contributed by atoms with Crippen LogP contribution >= 0.6 is 0 Å². The smallest absolute Gasteiger partial charge is 0.308 e. The molecule has 0 bridgehead atoms. The van der Waals surface area contributed by atoms with Gasteiger partial charge >= 0.3 is 6.03 Å². The monoisotopic (exact) mass is 168 g/mol. The summed E-state index contributed by atoms with van der Waals surface area (Å²) in [7, 11) is 3.66. The van der Waals surface area contributed by atoms with Gasteiger partial charge in [0.15, 0.2) is 0 Å². The summed E-state index contributed by atoms with van der Waals surface area (Å²) in [5.41, 5.74) is 0. The molecular formula is C8H14N3O+. The van der Waals surface area contributed by atoms with E-state index in [9.17, 15) is 4.79 Å². The van der Waals surface area contributed by atoms with E-state index in [1.54, 1.807) is 29.0 Å². The molecule has 0 aromatic carbocycles. The van der Waals surface area contributed by atoms with Crippen LogP contribution in [0.2, 0.25) is 0 Å². The normalized spacial score (nSPS) is 9.92. The molecule has 1 rings (SSSR count). The second kappa shape index (κ2) is 3.38. The van der Waals surface area contributed by atoms with Gasteiger partial charge in [-0.1, -0.05) is 0 Å². The zero-order valence-electron chi connectivity index (χ0n) is 7.69. The minimum absolute atomic E-state index is 0.00176. The maximum absolute atomic E-state index is 11.5. The lowest BCUT2D eigenvalue weighted by molar-refractivity contribution is -0.670. The van der Waals surface area contributed by atoms with Gasteiger partial charge in [0.05, 0.1) is 7.05 Å². The molecule has 0 unspecified atom stereocenters. The first-order valence-electron chi connectivity index (χ1n) is 3.94. The first kappa shape index (κ1) is 8.77. The maximum atomic E-state index is 11.5. The number of aromatic nitrogens is 2. The number of nitrogens with zero attached hydrogens (tertiary/aromatic N) is 3. The number of hydrogen-bond acceptors (Lipinski definition) is 1. The van der Waals surface area contributed by atoms with E-state index in [1.807, 2.05) is 24.7 Å². The van der Waals surface area contributed by atoms with E-state index in [2.05, 4.69) is 0 Å². The van der Waals surface area contributed by atoms with Crippen molar-refractivity contribution >= 4 is 6.03 Å². The molecule has 0 radical (unpaired) electrons. The van der Waals surface area contributed by atoms with Crippen LogP contribution in [0.5, 0.6) is 0 Å². The molecule has 1 aromatic heterocycles. The summed E-state index contributed by atoms with van der Waals surface area (Å²) in [5.74, 6) is 0. The molecule has 0 spiro atoms. The van der Waals surface area contributed by atoms with E-state index in [1.165, 1.54) is 0 Å². The first-order chi connectivity index (χ1) is 5.65. The predicted molar refractivity (Wildman–Crippen MR) is 44.7 cm³/mol. The van der Waals surface area contributed by atoms with Crippen LogP contribution in [0.4, 0.5) is 4.79 Å². The number of hydrogen-bond donors (Lipinski definition) is 0. The summed E-state index contributed by atoms with van der Waals surface area (Å²) in [6.45, 7) is 2.67. The summed E-state index contributed by atoms with van der Waals surface area (Å²) in [5, 5.41) is 0. The van der Waals surface area contributed by atoms with E-state index in [-0.39, 0.29) is 6.03 Å². The van der Waals surface area contributed by atoms with Crippen LogP contribution in [-0.2, 0) is 7.05 Å².